The molecule has 0 aliphatic heterocycles. The Hall–Kier alpha value is -2.65. The van der Waals surface area contributed by atoms with Gasteiger partial charge in [-0.1, -0.05) is 12.1 Å². The number of carbonyl (C=O) groups excluding carboxylic acids is 1. The summed E-state index contributed by atoms with van der Waals surface area (Å²) in [6, 6.07) is 4.17. The molecule has 7 nitrogen and oxygen atoms in total. The summed E-state index contributed by atoms with van der Waals surface area (Å²) in [4.78, 5) is 32.6. The van der Waals surface area contributed by atoms with Crippen LogP contribution >= 0.6 is 0 Å². The summed E-state index contributed by atoms with van der Waals surface area (Å²) in [5.74, 6) is -5.03. The van der Waals surface area contributed by atoms with Gasteiger partial charge in [0.05, 0.1) is 5.92 Å². The van der Waals surface area contributed by atoms with E-state index in [4.69, 9.17) is 5.11 Å². The lowest BCUT2D eigenvalue weighted by atomic mass is 10.0. The molecule has 0 heterocycles. The zero-order chi connectivity index (χ0) is 16.4. The SMILES string of the molecule is CC(C(=O)O)c1cccc(N(C(=O)C(F)(F)F)[N+](=O)[O-])c1. The summed E-state index contributed by atoms with van der Waals surface area (Å²) in [5, 5.41) is 17.3. The number of rotatable bonds is 4. The molecule has 1 rings (SSSR count). The number of alkyl halides is 3. The normalized spacial score (nSPS) is 12.6. The summed E-state index contributed by atoms with van der Waals surface area (Å²) in [7, 11) is 0. The van der Waals surface area contributed by atoms with E-state index < -0.39 is 39.7 Å². The van der Waals surface area contributed by atoms with Crippen molar-refractivity contribution in [2.45, 2.75) is 19.0 Å². The van der Waals surface area contributed by atoms with E-state index in [0.29, 0.717) is 0 Å². The van der Waals surface area contributed by atoms with Crippen LogP contribution in [0, 0.1) is 10.1 Å². The summed E-state index contributed by atoms with van der Waals surface area (Å²) in [5.41, 5.74) is -0.644. The molecule has 0 saturated heterocycles. The molecular formula is C11H9F3N2O5. The van der Waals surface area contributed by atoms with Gasteiger partial charge in [0, 0.05) is 0 Å². The lowest BCUT2D eigenvalue weighted by Crippen LogP contribution is -2.44. The standard InChI is InChI=1S/C11H9F3N2O5/c1-6(9(17)18)7-3-2-4-8(5-7)15(16(20)21)10(19)11(12,13)14/h2-6H,1H3,(H,17,18). The molecule has 0 bridgehead atoms. The van der Waals surface area contributed by atoms with Crippen LogP contribution < -0.4 is 5.01 Å². The van der Waals surface area contributed by atoms with Crippen LogP contribution in [-0.2, 0) is 9.59 Å². The Bertz CT molecular complexity index is 587. The van der Waals surface area contributed by atoms with Crippen LogP contribution in [0.3, 0.4) is 0 Å². The van der Waals surface area contributed by atoms with Crippen molar-refractivity contribution in [2.75, 3.05) is 5.01 Å². The van der Waals surface area contributed by atoms with Gasteiger partial charge in [-0.2, -0.15) is 13.2 Å². The van der Waals surface area contributed by atoms with Crippen LogP contribution in [0.4, 0.5) is 18.9 Å². The highest BCUT2D eigenvalue weighted by Crippen LogP contribution is 2.26. The maximum Gasteiger partial charge on any atom is 0.477 e. The van der Waals surface area contributed by atoms with Crippen LogP contribution in [0.5, 0.6) is 0 Å². The predicted molar refractivity (Wildman–Crippen MR) is 63.0 cm³/mol. The van der Waals surface area contributed by atoms with Crippen molar-refractivity contribution in [3.63, 3.8) is 0 Å². The third kappa shape index (κ3) is 3.68. The predicted octanol–water partition coefficient (Wildman–Crippen LogP) is 1.96. The molecule has 0 radical (unpaired) electrons. The van der Waals surface area contributed by atoms with E-state index in [-0.39, 0.29) is 5.56 Å². The van der Waals surface area contributed by atoms with Crippen LogP contribution in [0.15, 0.2) is 24.3 Å². The van der Waals surface area contributed by atoms with Gasteiger partial charge in [0.25, 0.3) is 0 Å². The molecule has 0 aliphatic carbocycles. The Morgan fingerprint density at radius 1 is 1.38 bits per heavy atom. The molecule has 1 unspecified atom stereocenters. The summed E-state index contributed by atoms with van der Waals surface area (Å²) >= 11 is 0. The average Bonchev–Trinajstić information content (AvgIpc) is 2.36. The highest BCUT2D eigenvalue weighted by molar-refractivity contribution is 5.95. The van der Waals surface area contributed by atoms with Crippen LogP contribution in [0.1, 0.15) is 18.4 Å². The molecule has 114 valence electrons. The molecule has 0 spiro atoms. The van der Waals surface area contributed by atoms with Crippen molar-refractivity contribution in [1.29, 1.82) is 0 Å². The smallest absolute Gasteiger partial charge is 0.477 e. The summed E-state index contributed by atoms with van der Waals surface area (Å²) in [6.07, 6.45) is -5.43. The maximum atomic E-state index is 12.3. The minimum atomic E-state index is -5.43. The van der Waals surface area contributed by atoms with Crippen molar-refractivity contribution in [1.82, 2.24) is 0 Å². The average molecular weight is 306 g/mol. The molecule has 0 saturated carbocycles. The van der Waals surface area contributed by atoms with Gasteiger partial charge in [-0.25, -0.2) is 10.1 Å². The number of hydrogen-bond donors (Lipinski definition) is 1. The number of carbonyl (C=O) groups is 2. The third-order valence-corrected chi connectivity index (χ3v) is 2.58. The number of carboxylic acid groups (broad SMARTS) is 1. The van der Waals surface area contributed by atoms with Crippen molar-refractivity contribution in [3.8, 4) is 0 Å². The zero-order valence-electron chi connectivity index (χ0n) is 10.5. The van der Waals surface area contributed by atoms with Gasteiger partial charge in [0.2, 0.25) is 0 Å². The molecule has 0 aromatic heterocycles. The largest absolute Gasteiger partial charge is 0.481 e. The fourth-order valence-corrected chi connectivity index (χ4v) is 1.47. The Balaban J connectivity index is 3.28. The molecule has 1 atom stereocenters. The van der Waals surface area contributed by atoms with E-state index in [9.17, 15) is 32.9 Å². The van der Waals surface area contributed by atoms with Gasteiger partial charge in [-0.05, 0) is 29.6 Å². The number of hydrazine groups is 1. The zero-order valence-corrected chi connectivity index (χ0v) is 10.5. The number of halogens is 3. The lowest BCUT2D eigenvalue weighted by molar-refractivity contribution is -0.486. The number of hydrogen-bond acceptors (Lipinski definition) is 4. The second kappa shape index (κ2) is 5.77. The van der Waals surface area contributed by atoms with Crippen LogP contribution in [-0.4, -0.2) is 28.2 Å². The Morgan fingerprint density at radius 2 is 1.95 bits per heavy atom. The number of nitro groups is 1. The number of aliphatic carboxylic acids is 1. The van der Waals surface area contributed by atoms with Gasteiger partial charge in [0.1, 0.15) is 5.69 Å². The molecule has 0 aliphatic rings. The maximum absolute atomic E-state index is 12.3. The first kappa shape index (κ1) is 16.4. The fourth-order valence-electron chi connectivity index (χ4n) is 1.47. The van der Waals surface area contributed by atoms with Gasteiger partial charge >= 0.3 is 18.1 Å². The van der Waals surface area contributed by atoms with Crippen LogP contribution in [0.2, 0.25) is 0 Å². The molecule has 1 aromatic rings. The quantitative estimate of drug-likeness (QED) is 0.677. The van der Waals surface area contributed by atoms with E-state index in [1.54, 1.807) is 0 Å². The highest BCUT2D eigenvalue weighted by atomic mass is 19.4. The topological polar surface area (TPSA) is 101 Å². The minimum absolute atomic E-state index is 0.0295. The number of carboxylic acids is 1. The molecule has 0 fully saturated rings. The van der Waals surface area contributed by atoms with E-state index >= 15 is 0 Å². The van der Waals surface area contributed by atoms with E-state index in [1.807, 2.05) is 0 Å². The Labute approximate surface area is 115 Å². The second-order valence-corrected chi connectivity index (χ2v) is 4.01. The fraction of sp³-hybridized carbons (Fsp3) is 0.273. The van der Waals surface area contributed by atoms with Crippen molar-refractivity contribution < 1.29 is 32.9 Å². The number of nitrogens with zero attached hydrogens (tertiary/aromatic N) is 2. The number of anilines is 1. The summed E-state index contributed by atoms with van der Waals surface area (Å²) in [6.45, 7) is 1.25. The van der Waals surface area contributed by atoms with Crippen LogP contribution in [0.25, 0.3) is 0 Å². The van der Waals surface area contributed by atoms with Gasteiger partial charge in [-0.3, -0.25) is 9.59 Å². The first-order valence-electron chi connectivity index (χ1n) is 5.44. The molecule has 10 heteroatoms. The Kier molecular flexibility index (Phi) is 4.51. The van der Waals surface area contributed by atoms with Gasteiger partial charge < -0.3 is 5.11 Å². The molecular weight excluding hydrogens is 297 g/mol. The molecule has 21 heavy (non-hydrogen) atoms. The van der Waals surface area contributed by atoms with Crippen molar-refractivity contribution in [2.24, 2.45) is 0 Å². The van der Waals surface area contributed by atoms with E-state index in [2.05, 4.69) is 0 Å². The first-order chi connectivity index (χ1) is 9.55. The highest BCUT2D eigenvalue weighted by Gasteiger charge is 2.48. The molecule has 1 aromatic carbocycles. The monoisotopic (exact) mass is 306 g/mol. The minimum Gasteiger partial charge on any atom is -0.481 e. The Morgan fingerprint density at radius 3 is 2.38 bits per heavy atom. The summed E-state index contributed by atoms with van der Waals surface area (Å²) < 4.78 is 37.0. The number of benzene rings is 1. The van der Waals surface area contributed by atoms with E-state index in [0.717, 1.165) is 18.2 Å². The molecule has 1 N–H and O–H groups in total. The molecule has 1 amide bonds. The van der Waals surface area contributed by atoms with Crippen molar-refractivity contribution >= 4 is 17.6 Å². The van der Waals surface area contributed by atoms with E-state index in [1.165, 1.54) is 13.0 Å². The van der Waals surface area contributed by atoms with Crippen molar-refractivity contribution in [3.05, 3.63) is 39.9 Å². The van der Waals surface area contributed by atoms with Gasteiger partial charge in [0.15, 0.2) is 5.03 Å². The first-order valence-corrected chi connectivity index (χ1v) is 5.44. The lowest BCUT2D eigenvalue weighted by Gasteiger charge is -2.15. The van der Waals surface area contributed by atoms with Gasteiger partial charge in [-0.15, -0.1) is 0 Å². The third-order valence-electron chi connectivity index (χ3n) is 2.58. The number of amides is 1. The second-order valence-electron chi connectivity index (χ2n) is 4.01.